The van der Waals surface area contributed by atoms with E-state index in [1.54, 1.807) is 24.8 Å². The molecule has 8 bridgehead atoms. The Morgan fingerprint density at radius 1 is 0.288 bits per heavy atom. The highest BCUT2D eigenvalue weighted by Gasteiger charge is 2.27. The Kier molecular flexibility index (Phi) is 20.7. The van der Waals surface area contributed by atoms with Gasteiger partial charge < -0.3 is 28.9 Å². The maximum atomic E-state index is 6.99. The minimum Gasteiger partial charge on any atom is -0.493 e. The van der Waals surface area contributed by atoms with Crippen LogP contribution in [0.2, 0.25) is 0 Å². The zero-order valence-electron chi connectivity index (χ0n) is 61.5. The summed E-state index contributed by atoms with van der Waals surface area (Å²) < 4.78 is 27.9. The molecule has 11 heterocycles. The summed E-state index contributed by atoms with van der Waals surface area (Å²) in [7, 11) is 0. The fourth-order valence-corrected chi connectivity index (χ4v) is 11.9. The summed E-state index contributed by atoms with van der Waals surface area (Å²) >= 11 is 0. The monoisotopic (exact) mass is 1370 g/mol. The van der Waals surface area contributed by atoms with Gasteiger partial charge in [-0.1, -0.05) is 143 Å². The zero-order chi connectivity index (χ0) is 72.6. The lowest BCUT2D eigenvalue weighted by Gasteiger charge is -2.22. The first-order chi connectivity index (χ1) is 50.0. The Hall–Kier alpha value is -11.7. The van der Waals surface area contributed by atoms with Gasteiger partial charge in [-0.05, 0) is 193 Å². The predicted octanol–water partition coefficient (Wildman–Crippen LogP) is 21.1. The van der Waals surface area contributed by atoms with Gasteiger partial charge in [-0.2, -0.15) is 0 Å². The third-order valence-electron chi connectivity index (χ3n) is 17.7. The highest BCUT2D eigenvalue weighted by atomic mass is 16.5. The molecule has 0 unspecified atom stereocenters. The molecular weight excluding hydrogens is 1290 g/mol. The summed E-state index contributed by atoms with van der Waals surface area (Å²) in [5, 5.41) is 0. The summed E-state index contributed by atoms with van der Waals surface area (Å²) in [5.74, 6) is 17.3. The second-order valence-electron chi connectivity index (χ2n) is 31.0. The summed E-state index contributed by atoms with van der Waals surface area (Å²) in [5.41, 5.74) is 16.4. The standard InChI is InChI=1S/C90H88N10O4/c1-87(2,3)43-51-101-79-27-21-28-80(102-52-44-88(4,5)6)85(79)83-71-39-35-63(95-71)61(33-31-59-55-75(67-23-13-17-47-91-67)99-76(56-59)68-24-14-18-48-92-68)65-37-41-73(97-65)84(86-81(103-53-45-89(7,8)9)29-22-30-82(86)104-54-46-90(10,11)12)74-42-38-66(98-74)62(64-36-40-72(83)96-64)34-32-60-57-77(69-25-15-19-49-93-69)100-78(58-60)70-26-16-20-50-94-70/h13-30,35-42,47-50,55-58,95,98H,43-46,51-54H2,1-12H3. The Balaban J connectivity index is 1.14. The number of pyridine rings is 6. The van der Waals surface area contributed by atoms with Crippen LogP contribution in [-0.2, 0) is 0 Å². The second kappa shape index (κ2) is 30.4. The molecule has 104 heavy (non-hydrogen) atoms. The average Bonchev–Trinajstić information content (AvgIpc) is 1.43. The smallest absolute Gasteiger partial charge is 0.131 e. The van der Waals surface area contributed by atoms with Crippen LogP contribution < -0.4 is 18.9 Å². The summed E-state index contributed by atoms with van der Waals surface area (Å²) in [6.07, 6.45) is 18.5. The average molecular weight is 1370 g/mol. The SMILES string of the molecule is CC(C)(C)CCOc1cccc(OCCC(C)(C)C)c1-c1c2nc(c(C#Cc3cc(-c4ccccn4)nc(-c4ccccn4)c3)c3ccc([nH]3)c(-c3c(OCCC(C)(C)C)cccc3OCCC(C)(C)C)c3nc(c(C#Cc4cc(-c5ccccn5)nc(-c5ccccn5)c4)c4ccc1[nH]4)C=C3)C=C2. The van der Waals surface area contributed by atoms with Crippen molar-refractivity contribution in [3.8, 4) is 114 Å². The molecule has 0 atom stereocenters. The number of hydrogen-bond donors (Lipinski definition) is 2. The lowest BCUT2D eigenvalue weighted by Crippen LogP contribution is -2.13. The Morgan fingerprint density at radius 2 is 0.577 bits per heavy atom. The molecule has 11 aromatic rings. The minimum absolute atomic E-state index is 0.00400. The first kappa shape index (κ1) is 70.7. The first-order valence-electron chi connectivity index (χ1n) is 35.7. The molecule has 2 N–H and O–H groups in total. The van der Waals surface area contributed by atoms with E-state index in [4.69, 9.17) is 58.8 Å². The molecule has 0 fully saturated rings. The molecule has 2 aliphatic rings. The second-order valence-corrected chi connectivity index (χ2v) is 31.0. The topological polar surface area (TPSA) is 172 Å². The van der Waals surface area contributed by atoms with Gasteiger partial charge in [-0.3, -0.25) is 19.9 Å². The molecule has 14 heteroatoms. The number of fused-ring (bicyclic) bond motifs is 8. The number of hydrogen-bond acceptors (Lipinski definition) is 12. The predicted molar refractivity (Wildman–Crippen MR) is 421 cm³/mol. The van der Waals surface area contributed by atoms with Gasteiger partial charge in [0.1, 0.15) is 23.0 Å². The summed E-state index contributed by atoms with van der Waals surface area (Å²) in [6.45, 7) is 28.6. The van der Waals surface area contributed by atoms with Crippen LogP contribution in [-0.4, -0.2) is 76.3 Å². The molecule has 0 amide bonds. The van der Waals surface area contributed by atoms with E-state index >= 15 is 0 Å². The van der Waals surface area contributed by atoms with Crippen molar-refractivity contribution in [1.29, 1.82) is 0 Å². The Bertz CT molecular complexity index is 4800. The van der Waals surface area contributed by atoms with E-state index in [-0.39, 0.29) is 21.7 Å². The van der Waals surface area contributed by atoms with Crippen LogP contribution in [0, 0.1) is 45.3 Å². The van der Waals surface area contributed by atoms with Crippen molar-refractivity contribution < 1.29 is 18.9 Å². The van der Waals surface area contributed by atoms with Crippen LogP contribution in [0.15, 0.2) is 183 Å². The van der Waals surface area contributed by atoms with Crippen molar-refractivity contribution in [1.82, 2.24) is 49.8 Å². The van der Waals surface area contributed by atoms with Crippen molar-refractivity contribution in [3.63, 3.8) is 0 Å². The van der Waals surface area contributed by atoms with E-state index in [2.05, 4.69) is 153 Å². The van der Waals surface area contributed by atoms with Gasteiger partial charge in [0.25, 0.3) is 0 Å². The van der Waals surface area contributed by atoms with Gasteiger partial charge in [0.05, 0.1) is 128 Å². The first-order valence-corrected chi connectivity index (χ1v) is 35.7. The van der Waals surface area contributed by atoms with Crippen LogP contribution in [0.3, 0.4) is 0 Å². The van der Waals surface area contributed by atoms with Crippen molar-refractivity contribution in [3.05, 3.63) is 228 Å². The van der Waals surface area contributed by atoms with E-state index in [1.165, 1.54) is 0 Å². The lowest BCUT2D eigenvalue weighted by atomic mass is 9.93. The van der Waals surface area contributed by atoms with E-state index < -0.39 is 0 Å². The number of aromatic amines is 2. The van der Waals surface area contributed by atoms with Gasteiger partial charge in [-0.25, -0.2) is 19.9 Å². The Labute approximate surface area is 610 Å². The summed E-state index contributed by atoms with van der Waals surface area (Å²) in [4.78, 5) is 48.4. The van der Waals surface area contributed by atoms with Gasteiger partial charge in [0, 0.05) is 58.1 Å². The molecule has 0 saturated carbocycles. The quantitative estimate of drug-likeness (QED) is 0.0780. The minimum atomic E-state index is -0.00400. The lowest BCUT2D eigenvalue weighted by molar-refractivity contribution is 0.235. The molecule has 0 spiro atoms. The molecule has 522 valence electrons. The van der Waals surface area contributed by atoms with Gasteiger partial charge in [0.2, 0.25) is 0 Å². The number of aromatic nitrogens is 10. The van der Waals surface area contributed by atoms with Crippen LogP contribution >= 0.6 is 0 Å². The van der Waals surface area contributed by atoms with Crippen LogP contribution in [0.25, 0.3) is 114 Å². The molecule has 2 aliphatic heterocycles. The van der Waals surface area contributed by atoms with Crippen LogP contribution in [0.5, 0.6) is 23.0 Å². The number of H-pyrrole nitrogens is 2. The van der Waals surface area contributed by atoms with Crippen LogP contribution in [0.1, 0.15) is 154 Å². The van der Waals surface area contributed by atoms with E-state index in [0.29, 0.717) is 151 Å². The van der Waals surface area contributed by atoms with Crippen molar-refractivity contribution in [2.75, 3.05) is 26.4 Å². The van der Waals surface area contributed by atoms with Crippen molar-refractivity contribution >= 4 is 46.4 Å². The Morgan fingerprint density at radius 3 is 0.856 bits per heavy atom. The number of nitrogens with zero attached hydrogens (tertiary/aromatic N) is 8. The highest BCUT2D eigenvalue weighted by Crippen LogP contribution is 2.46. The fraction of sp³-hybridized carbons (Fsp3) is 0.267. The van der Waals surface area contributed by atoms with Gasteiger partial charge in [-0.15, -0.1) is 0 Å². The number of benzene rings is 2. The third-order valence-corrected chi connectivity index (χ3v) is 17.7. The largest absolute Gasteiger partial charge is 0.493 e. The molecular formula is C90H88N10O4. The van der Waals surface area contributed by atoms with Gasteiger partial charge in [0.15, 0.2) is 0 Å². The van der Waals surface area contributed by atoms with E-state index in [1.807, 2.05) is 146 Å². The summed E-state index contributed by atoms with van der Waals surface area (Å²) in [6, 6.07) is 51.5. The normalized spacial score (nSPS) is 12.1. The van der Waals surface area contributed by atoms with Crippen molar-refractivity contribution in [2.24, 2.45) is 21.7 Å². The number of nitrogens with one attached hydrogen (secondary N) is 2. The zero-order valence-corrected chi connectivity index (χ0v) is 61.5. The number of ether oxygens (including phenoxy) is 4. The van der Waals surface area contributed by atoms with Gasteiger partial charge >= 0.3 is 0 Å². The van der Waals surface area contributed by atoms with Crippen molar-refractivity contribution in [2.45, 2.75) is 109 Å². The molecule has 0 radical (unpaired) electrons. The maximum Gasteiger partial charge on any atom is 0.131 e. The molecule has 2 aromatic carbocycles. The van der Waals surface area contributed by atoms with E-state index in [9.17, 15) is 0 Å². The molecule has 14 nitrogen and oxygen atoms in total. The van der Waals surface area contributed by atoms with E-state index in [0.717, 1.165) is 59.0 Å². The fourth-order valence-electron chi connectivity index (χ4n) is 11.9. The molecule has 9 aromatic heterocycles. The molecule has 0 saturated heterocycles. The number of rotatable bonds is 18. The molecule has 0 aliphatic carbocycles. The van der Waals surface area contributed by atoms with Crippen LogP contribution in [0.4, 0.5) is 0 Å². The highest BCUT2D eigenvalue weighted by molar-refractivity contribution is 5.99. The third kappa shape index (κ3) is 17.6. The molecule has 13 rings (SSSR count). The maximum absolute atomic E-state index is 6.99.